The van der Waals surface area contributed by atoms with Crippen molar-refractivity contribution < 1.29 is 0 Å². The van der Waals surface area contributed by atoms with Gasteiger partial charge in [-0.05, 0) is 30.7 Å². The number of anilines is 2. The Morgan fingerprint density at radius 3 is 2.75 bits per heavy atom. The molecule has 0 saturated carbocycles. The summed E-state index contributed by atoms with van der Waals surface area (Å²) in [6.45, 7) is 3.47. The minimum absolute atomic E-state index is 0.521. The highest BCUT2D eigenvalue weighted by Gasteiger charge is 1.98. The molecule has 0 saturated heterocycles. The van der Waals surface area contributed by atoms with Crippen LogP contribution in [-0.2, 0) is 6.54 Å². The highest BCUT2D eigenvalue weighted by Crippen LogP contribution is 2.17. The number of nitrogens with one attached hydrogen (secondary N) is 1. The van der Waals surface area contributed by atoms with Crippen molar-refractivity contribution in [2.45, 2.75) is 13.5 Å². The van der Waals surface area contributed by atoms with Crippen LogP contribution in [0.3, 0.4) is 0 Å². The molecule has 1 aromatic carbocycles. The van der Waals surface area contributed by atoms with Gasteiger partial charge in [-0.2, -0.15) is 0 Å². The van der Waals surface area contributed by atoms with Crippen LogP contribution in [0.5, 0.6) is 0 Å². The first kappa shape index (κ1) is 8.87. The van der Waals surface area contributed by atoms with Gasteiger partial charge in [0.2, 0.25) is 0 Å². The van der Waals surface area contributed by atoms with Crippen molar-refractivity contribution in [3.8, 4) is 0 Å². The van der Waals surface area contributed by atoms with E-state index in [0.29, 0.717) is 6.54 Å². The number of benzene rings is 1. The minimum Gasteiger partial charge on any atom is -0.399 e. The highest BCUT2D eigenvalue weighted by atomic mass is 14.9. The molecule has 0 aliphatic heterocycles. The summed E-state index contributed by atoms with van der Waals surface area (Å²) < 4.78 is 0. The predicted molar refractivity (Wildman–Crippen MR) is 52.9 cm³/mol. The molecule has 0 spiro atoms. The largest absolute Gasteiger partial charge is 0.399 e. The monoisotopic (exact) mass is 165 g/mol. The first-order valence-electron chi connectivity index (χ1n) is 4.10. The molecule has 1 rings (SSSR count). The van der Waals surface area contributed by atoms with Crippen LogP contribution < -0.4 is 16.8 Å². The molecular formula is C9H15N3. The second-order valence-corrected chi connectivity index (χ2v) is 2.65. The smallest absolute Gasteiger partial charge is 0.0387 e. The van der Waals surface area contributed by atoms with Crippen LogP contribution in [0.4, 0.5) is 11.4 Å². The van der Waals surface area contributed by atoms with E-state index in [-0.39, 0.29) is 0 Å². The lowest BCUT2D eigenvalue weighted by atomic mass is 10.1. The third-order valence-electron chi connectivity index (χ3n) is 1.72. The van der Waals surface area contributed by atoms with E-state index in [1.807, 2.05) is 18.2 Å². The fraction of sp³-hybridized carbons (Fsp3) is 0.333. The van der Waals surface area contributed by atoms with Crippen LogP contribution in [0, 0.1) is 0 Å². The number of nitrogens with two attached hydrogens (primary N) is 2. The van der Waals surface area contributed by atoms with Crippen LogP contribution in [0.15, 0.2) is 18.2 Å². The summed E-state index contributed by atoms with van der Waals surface area (Å²) in [7, 11) is 0. The second-order valence-electron chi connectivity index (χ2n) is 2.65. The molecule has 0 aliphatic carbocycles. The zero-order valence-corrected chi connectivity index (χ0v) is 7.30. The predicted octanol–water partition coefficient (Wildman–Crippen LogP) is 1.16. The Morgan fingerprint density at radius 2 is 2.17 bits per heavy atom. The number of hydrogen-bond donors (Lipinski definition) is 3. The summed E-state index contributed by atoms with van der Waals surface area (Å²) in [6.07, 6.45) is 0. The molecular weight excluding hydrogens is 150 g/mol. The van der Waals surface area contributed by atoms with E-state index >= 15 is 0 Å². The molecule has 0 fully saturated rings. The molecule has 1 aromatic rings. The van der Waals surface area contributed by atoms with E-state index in [4.69, 9.17) is 11.5 Å². The summed E-state index contributed by atoms with van der Waals surface area (Å²) in [6, 6.07) is 5.73. The van der Waals surface area contributed by atoms with Gasteiger partial charge >= 0.3 is 0 Å². The van der Waals surface area contributed by atoms with Crippen molar-refractivity contribution in [3.63, 3.8) is 0 Å². The van der Waals surface area contributed by atoms with E-state index in [1.165, 1.54) is 0 Å². The van der Waals surface area contributed by atoms with Crippen molar-refractivity contribution in [1.29, 1.82) is 0 Å². The van der Waals surface area contributed by atoms with Gasteiger partial charge in [-0.1, -0.05) is 0 Å². The van der Waals surface area contributed by atoms with Gasteiger partial charge in [0, 0.05) is 24.5 Å². The number of nitrogen functional groups attached to an aromatic ring is 1. The number of hydrogen-bond acceptors (Lipinski definition) is 3. The lowest BCUT2D eigenvalue weighted by Gasteiger charge is -2.09. The number of rotatable bonds is 3. The first-order chi connectivity index (χ1) is 5.77. The molecule has 3 heteroatoms. The van der Waals surface area contributed by atoms with Gasteiger partial charge in [0.25, 0.3) is 0 Å². The van der Waals surface area contributed by atoms with Crippen molar-refractivity contribution in [2.24, 2.45) is 5.73 Å². The van der Waals surface area contributed by atoms with Crippen molar-refractivity contribution >= 4 is 11.4 Å². The fourth-order valence-electron chi connectivity index (χ4n) is 1.15. The zero-order valence-electron chi connectivity index (χ0n) is 7.30. The SMILES string of the molecule is CCNc1ccc(N)cc1CN. The van der Waals surface area contributed by atoms with Gasteiger partial charge in [0.15, 0.2) is 0 Å². The normalized spacial score (nSPS) is 9.83. The van der Waals surface area contributed by atoms with Gasteiger partial charge < -0.3 is 16.8 Å². The van der Waals surface area contributed by atoms with Gasteiger partial charge in [0.05, 0.1) is 0 Å². The average molecular weight is 165 g/mol. The lowest BCUT2D eigenvalue weighted by Crippen LogP contribution is -2.05. The summed E-state index contributed by atoms with van der Waals surface area (Å²) in [5.41, 5.74) is 14.1. The van der Waals surface area contributed by atoms with Gasteiger partial charge in [-0.3, -0.25) is 0 Å². The van der Waals surface area contributed by atoms with Crippen LogP contribution in [0.2, 0.25) is 0 Å². The Morgan fingerprint density at radius 1 is 1.42 bits per heavy atom. The summed E-state index contributed by atoms with van der Waals surface area (Å²) in [5.74, 6) is 0. The van der Waals surface area contributed by atoms with E-state index in [9.17, 15) is 0 Å². The third kappa shape index (κ3) is 1.89. The van der Waals surface area contributed by atoms with E-state index in [2.05, 4.69) is 12.2 Å². The van der Waals surface area contributed by atoms with E-state index in [0.717, 1.165) is 23.5 Å². The molecule has 0 amide bonds. The van der Waals surface area contributed by atoms with Gasteiger partial charge in [-0.25, -0.2) is 0 Å². The Balaban J connectivity index is 2.94. The maximum absolute atomic E-state index is 5.62. The van der Waals surface area contributed by atoms with E-state index < -0.39 is 0 Å². The highest BCUT2D eigenvalue weighted by molar-refractivity contribution is 5.57. The molecule has 0 bridgehead atoms. The van der Waals surface area contributed by atoms with Crippen molar-refractivity contribution in [2.75, 3.05) is 17.6 Å². The molecule has 5 N–H and O–H groups in total. The second kappa shape index (κ2) is 3.97. The minimum atomic E-state index is 0.521. The van der Waals surface area contributed by atoms with Crippen LogP contribution in [0.1, 0.15) is 12.5 Å². The third-order valence-corrected chi connectivity index (χ3v) is 1.72. The van der Waals surface area contributed by atoms with Crippen LogP contribution in [-0.4, -0.2) is 6.54 Å². The lowest BCUT2D eigenvalue weighted by molar-refractivity contribution is 1.06. The molecule has 0 heterocycles. The molecule has 3 nitrogen and oxygen atoms in total. The Hall–Kier alpha value is -1.22. The quantitative estimate of drug-likeness (QED) is 0.589. The molecule has 0 radical (unpaired) electrons. The molecule has 66 valence electrons. The molecule has 0 unspecified atom stereocenters. The molecule has 0 aromatic heterocycles. The summed E-state index contributed by atoms with van der Waals surface area (Å²) in [5, 5.41) is 3.22. The molecule has 12 heavy (non-hydrogen) atoms. The van der Waals surface area contributed by atoms with Gasteiger partial charge in [0.1, 0.15) is 0 Å². The van der Waals surface area contributed by atoms with Crippen molar-refractivity contribution in [1.82, 2.24) is 0 Å². The van der Waals surface area contributed by atoms with Crippen LogP contribution >= 0.6 is 0 Å². The summed E-state index contributed by atoms with van der Waals surface area (Å²) in [4.78, 5) is 0. The topological polar surface area (TPSA) is 64.1 Å². The molecule has 0 atom stereocenters. The standard InChI is InChI=1S/C9H15N3/c1-2-12-9-4-3-8(11)5-7(9)6-10/h3-5,12H,2,6,10-11H2,1H3. The Labute approximate surface area is 72.8 Å². The van der Waals surface area contributed by atoms with Crippen molar-refractivity contribution in [3.05, 3.63) is 23.8 Å². The Bertz CT molecular complexity index is 258. The fourth-order valence-corrected chi connectivity index (χ4v) is 1.15. The average Bonchev–Trinajstić information content (AvgIpc) is 2.08. The molecule has 0 aliphatic rings. The first-order valence-corrected chi connectivity index (χ1v) is 4.10. The van der Waals surface area contributed by atoms with Gasteiger partial charge in [-0.15, -0.1) is 0 Å². The maximum atomic E-state index is 5.62. The zero-order chi connectivity index (χ0) is 8.97. The van der Waals surface area contributed by atoms with E-state index in [1.54, 1.807) is 0 Å². The Kier molecular flexibility index (Phi) is 2.94. The van der Waals surface area contributed by atoms with Crippen LogP contribution in [0.25, 0.3) is 0 Å². The maximum Gasteiger partial charge on any atom is 0.0387 e. The summed E-state index contributed by atoms with van der Waals surface area (Å²) >= 11 is 0.